The number of ether oxygens (including phenoxy) is 2. The molecule has 0 saturated heterocycles. The number of carbonyl (C=O) groups excluding carboxylic acids is 2. The molecule has 5 heteroatoms. The standard InChI is InChI=1S/C47H88O5/c1-4-7-10-13-16-17-18-19-20-21-22-23-26-31-36-41-46(50)52-47(44(43-49)38-33-28-25-24-27-32-37-42-48)51-45(39-34-29-14-11-8-5-2)40-35-30-15-12-9-6-3/h16-17,19-20,42,44-45,47,49H,4-15,18,21-41,43H2,1-3H3/b17-16-,20-19-. The molecule has 0 aromatic heterocycles. The number of hydrogen-bond acceptors (Lipinski definition) is 5. The van der Waals surface area contributed by atoms with Crippen LogP contribution in [0.1, 0.15) is 239 Å². The van der Waals surface area contributed by atoms with Crippen molar-refractivity contribution in [1.82, 2.24) is 0 Å². The fourth-order valence-corrected chi connectivity index (χ4v) is 6.93. The molecule has 0 aromatic carbocycles. The topological polar surface area (TPSA) is 72.8 Å². The Morgan fingerprint density at radius 1 is 0.519 bits per heavy atom. The predicted octanol–water partition coefficient (Wildman–Crippen LogP) is 14.5. The Balaban J connectivity index is 4.98. The van der Waals surface area contributed by atoms with Crippen LogP contribution in [0.25, 0.3) is 0 Å². The largest absolute Gasteiger partial charge is 0.435 e. The number of rotatable bonds is 42. The van der Waals surface area contributed by atoms with Crippen molar-refractivity contribution < 1.29 is 24.2 Å². The summed E-state index contributed by atoms with van der Waals surface area (Å²) in [6.45, 7) is 6.74. The maximum absolute atomic E-state index is 13.2. The van der Waals surface area contributed by atoms with Gasteiger partial charge in [-0.1, -0.05) is 186 Å². The van der Waals surface area contributed by atoms with Crippen LogP contribution in [0.15, 0.2) is 24.3 Å². The van der Waals surface area contributed by atoms with Gasteiger partial charge < -0.3 is 19.4 Å². The average Bonchev–Trinajstić information content (AvgIpc) is 3.15. The van der Waals surface area contributed by atoms with E-state index >= 15 is 0 Å². The highest BCUT2D eigenvalue weighted by molar-refractivity contribution is 5.69. The van der Waals surface area contributed by atoms with E-state index in [0.29, 0.717) is 12.8 Å². The van der Waals surface area contributed by atoms with E-state index in [4.69, 9.17) is 9.47 Å². The van der Waals surface area contributed by atoms with Crippen LogP contribution in [0.4, 0.5) is 0 Å². The highest BCUT2D eigenvalue weighted by atomic mass is 16.7. The van der Waals surface area contributed by atoms with Gasteiger partial charge in [-0.3, -0.25) is 4.79 Å². The first kappa shape index (κ1) is 50.5. The minimum atomic E-state index is -0.673. The van der Waals surface area contributed by atoms with Crippen LogP contribution in [0.2, 0.25) is 0 Å². The summed E-state index contributed by atoms with van der Waals surface area (Å²) < 4.78 is 12.9. The molecule has 52 heavy (non-hydrogen) atoms. The van der Waals surface area contributed by atoms with Gasteiger partial charge in [-0.2, -0.15) is 0 Å². The summed E-state index contributed by atoms with van der Waals surface area (Å²) in [6, 6.07) is 0. The maximum Gasteiger partial charge on any atom is 0.308 e. The van der Waals surface area contributed by atoms with Gasteiger partial charge in [0.25, 0.3) is 0 Å². The molecule has 5 nitrogen and oxygen atoms in total. The molecule has 0 heterocycles. The maximum atomic E-state index is 13.2. The van der Waals surface area contributed by atoms with Gasteiger partial charge >= 0.3 is 5.97 Å². The van der Waals surface area contributed by atoms with E-state index in [-0.39, 0.29) is 24.6 Å². The van der Waals surface area contributed by atoms with Crippen LogP contribution in [-0.2, 0) is 19.1 Å². The van der Waals surface area contributed by atoms with Gasteiger partial charge in [0.2, 0.25) is 6.29 Å². The zero-order chi connectivity index (χ0) is 38.0. The SMILES string of the molecule is CCCCC/C=C\C/C=C\CCCCCCCC(=O)OC(OC(CCCCCCCC)CCCCCCCC)C(CO)CCCCCCCCC=O. The lowest BCUT2D eigenvalue weighted by Gasteiger charge is -2.30. The molecule has 0 aromatic rings. The number of unbranched alkanes of at least 4 members (excludes halogenated alkanes) is 24. The Kier molecular flexibility index (Phi) is 41.1. The van der Waals surface area contributed by atoms with Crippen molar-refractivity contribution in [3.8, 4) is 0 Å². The van der Waals surface area contributed by atoms with Gasteiger partial charge in [-0.25, -0.2) is 0 Å². The van der Waals surface area contributed by atoms with Gasteiger partial charge in [0, 0.05) is 18.8 Å². The van der Waals surface area contributed by atoms with Crippen molar-refractivity contribution in [2.24, 2.45) is 5.92 Å². The van der Waals surface area contributed by atoms with Crippen LogP contribution >= 0.6 is 0 Å². The Labute approximate surface area is 323 Å². The van der Waals surface area contributed by atoms with Crippen molar-refractivity contribution in [3.63, 3.8) is 0 Å². The number of esters is 1. The molecule has 0 aliphatic rings. The van der Waals surface area contributed by atoms with E-state index in [9.17, 15) is 14.7 Å². The molecule has 0 fully saturated rings. The van der Waals surface area contributed by atoms with Crippen molar-refractivity contribution in [1.29, 1.82) is 0 Å². The first-order valence-electron chi connectivity index (χ1n) is 22.8. The lowest BCUT2D eigenvalue weighted by Crippen LogP contribution is -2.35. The van der Waals surface area contributed by atoms with Crippen LogP contribution in [-0.4, -0.2) is 36.4 Å². The minimum Gasteiger partial charge on any atom is -0.435 e. The molecule has 2 atom stereocenters. The Morgan fingerprint density at radius 3 is 1.46 bits per heavy atom. The highest BCUT2D eigenvalue weighted by Crippen LogP contribution is 2.25. The third kappa shape index (κ3) is 35.6. The number of allylic oxidation sites excluding steroid dienone is 4. The lowest BCUT2D eigenvalue weighted by molar-refractivity contribution is -0.211. The minimum absolute atomic E-state index is 0.0261. The fourth-order valence-electron chi connectivity index (χ4n) is 6.93. The van der Waals surface area contributed by atoms with E-state index < -0.39 is 6.29 Å². The summed E-state index contributed by atoms with van der Waals surface area (Å²) in [5, 5.41) is 10.5. The van der Waals surface area contributed by atoms with Gasteiger partial charge in [-0.15, -0.1) is 0 Å². The van der Waals surface area contributed by atoms with Crippen LogP contribution < -0.4 is 0 Å². The van der Waals surface area contributed by atoms with E-state index in [1.165, 1.54) is 103 Å². The number of aliphatic hydroxyl groups excluding tert-OH is 1. The molecule has 1 N–H and O–H groups in total. The Morgan fingerprint density at radius 2 is 0.942 bits per heavy atom. The summed E-state index contributed by atoms with van der Waals surface area (Å²) in [5.74, 6) is -0.373. The molecule has 2 unspecified atom stereocenters. The van der Waals surface area contributed by atoms with Gasteiger partial charge in [0.1, 0.15) is 6.29 Å². The summed E-state index contributed by atoms with van der Waals surface area (Å²) in [4.78, 5) is 23.8. The van der Waals surface area contributed by atoms with Gasteiger partial charge in [0.05, 0.1) is 12.7 Å². The van der Waals surface area contributed by atoms with Crippen molar-refractivity contribution in [3.05, 3.63) is 24.3 Å². The predicted molar refractivity (Wildman–Crippen MR) is 224 cm³/mol. The first-order valence-corrected chi connectivity index (χ1v) is 22.8. The number of aliphatic hydroxyl groups is 1. The fraction of sp³-hybridized carbons (Fsp3) is 0.872. The summed E-state index contributed by atoms with van der Waals surface area (Å²) >= 11 is 0. The zero-order valence-electron chi connectivity index (χ0n) is 34.9. The van der Waals surface area contributed by atoms with E-state index in [1.54, 1.807) is 0 Å². The molecule has 306 valence electrons. The molecule has 0 aliphatic carbocycles. The van der Waals surface area contributed by atoms with Crippen LogP contribution in [0.5, 0.6) is 0 Å². The molecule has 0 saturated carbocycles. The molecular weight excluding hydrogens is 645 g/mol. The number of hydrogen-bond donors (Lipinski definition) is 1. The van der Waals surface area contributed by atoms with Crippen LogP contribution in [0, 0.1) is 5.92 Å². The smallest absolute Gasteiger partial charge is 0.308 e. The van der Waals surface area contributed by atoms with Gasteiger partial charge in [-0.05, 0) is 64.2 Å². The number of aldehydes is 1. The van der Waals surface area contributed by atoms with Crippen molar-refractivity contribution in [2.75, 3.05) is 6.61 Å². The third-order valence-electron chi connectivity index (χ3n) is 10.4. The lowest BCUT2D eigenvalue weighted by atomic mass is 9.98. The summed E-state index contributed by atoms with van der Waals surface area (Å²) in [6.07, 6.45) is 47.6. The molecule has 0 bridgehead atoms. The number of carbonyl (C=O) groups is 2. The second-order valence-electron chi connectivity index (χ2n) is 15.5. The Bertz CT molecular complexity index is 777. The van der Waals surface area contributed by atoms with Crippen molar-refractivity contribution in [2.45, 2.75) is 251 Å². The zero-order valence-corrected chi connectivity index (χ0v) is 34.9. The van der Waals surface area contributed by atoms with E-state index in [0.717, 1.165) is 109 Å². The highest BCUT2D eigenvalue weighted by Gasteiger charge is 2.28. The molecule has 0 rings (SSSR count). The van der Waals surface area contributed by atoms with Crippen LogP contribution in [0.3, 0.4) is 0 Å². The quantitative estimate of drug-likeness (QED) is 0.0222. The molecule has 0 spiro atoms. The molecule has 0 aliphatic heterocycles. The third-order valence-corrected chi connectivity index (χ3v) is 10.4. The average molecular weight is 733 g/mol. The Hall–Kier alpha value is -1.46. The van der Waals surface area contributed by atoms with E-state index in [1.807, 2.05) is 0 Å². The summed E-state index contributed by atoms with van der Waals surface area (Å²) in [7, 11) is 0. The second-order valence-corrected chi connectivity index (χ2v) is 15.5. The summed E-state index contributed by atoms with van der Waals surface area (Å²) in [5.41, 5.74) is 0. The van der Waals surface area contributed by atoms with Crippen molar-refractivity contribution >= 4 is 12.3 Å². The van der Waals surface area contributed by atoms with Gasteiger partial charge in [0.15, 0.2) is 0 Å². The monoisotopic (exact) mass is 733 g/mol. The van der Waals surface area contributed by atoms with E-state index in [2.05, 4.69) is 45.1 Å². The first-order chi connectivity index (χ1) is 25.6. The molecule has 0 amide bonds. The second kappa shape index (κ2) is 42.3. The normalized spacial score (nSPS) is 13.1. The molecule has 0 radical (unpaired) electrons. The molecular formula is C47H88O5.